The van der Waals surface area contributed by atoms with E-state index in [-0.39, 0.29) is 5.91 Å². The fraction of sp³-hybridized carbons (Fsp3) is 0.615. The van der Waals surface area contributed by atoms with Gasteiger partial charge in [0.15, 0.2) is 0 Å². The summed E-state index contributed by atoms with van der Waals surface area (Å²) in [7, 11) is 3.50. The third-order valence-corrected chi connectivity index (χ3v) is 3.55. The first-order chi connectivity index (χ1) is 9.51. The van der Waals surface area contributed by atoms with Gasteiger partial charge in [-0.25, -0.2) is 9.97 Å². The van der Waals surface area contributed by atoms with E-state index in [1.165, 1.54) is 6.33 Å². The second kappa shape index (κ2) is 8.04. The zero-order valence-electron chi connectivity index (χ0n) is 12.5. The molecule has 0 aromatic carbocycles. The molecule has 0 aliphatic carbocycles. The molecule has 0 fully saturated rings. The van der Waals surface area contributed by atoms with Crippen molar-refractivity contribution in [2.24, 2.45) is 0 Å². The number of halogens is 1. The molecule has 1 rings (SSSR count). The maximum Gasteiger partial charge on any atom is 0.241 e. The number of hydrogen-bond acceptors (Lipinski definition) is 5. The van der Waals surface area contributed by atoms with Gasteiger partial charge in [0.25, 0.3) is 0 Å². The zero-order chi connectivity index (χ0) is 15.1. The van der Waals surface area contributed by atoms with E-state index in [9.17, 15) is 4.79 Å². The van der Waals surface area contributed by atoms with Crippen LogP contribution >= 0.6 is 15.9 Å². The molecule has 20 heavy (non-hydrogen) atoms. The second-order valence-electron chi connectivity index (χ2n) is 4.59. The summed E-state index contributed by atoms with van der Waals surface area (Å²) in [6, 6.07) is 0. The lowest BCUT2D eigenvalue weighted by Gasteiger charge is -2.24. The van der Waals surface area contributed by atoms with Crippen molar-refractivity contribution >= 4 is 33.5 Å². The first-order valence-corrected chi connectivity index (χ1v) is 7.50. The molecule has 1 heterocycles. The number of likely N-dealkylation sites (N-methyl/N-ethyl adjacent to an activating group) is 2. The van der Waals surface area contributed by atoms with E-state index in [1.807, 2.05) is 11.8 Å². The smallest absolute Gasteiger partial charge is 0.241 e. The van der Waals surface area contributed by atoms with Gasteiger partial charge in [0.05, 0.1) is 6.54 Å². The molecule has 1 aromatic heterocycles. The molecule has 0 saturated heterocycles. The highest BCUT2D eigenvalue weighted by atomic mass is 79.9. The van der Waals surface area contributed by atoms with Crippen molar-refractivity contribution in [3.05, 3.63) is 10.8 Å². The molecule has 1 aromatic rings. The van der Waals surface area contributed by atoms with E-state index in [0.717, 1.165) is 29.1 Å². The molecule has 112 valence electrons. The van der Waals surface area contributed by atoms with Crippen LogP contribution in [0.25, 0.3) is 0 Å². The number of hydrogen-bond donors (Lipinski definition) is 1. The number of anilines is 2. The van der Waals surface area contributed by atoms with E-state index in [1.54, 1.807) is 19.0 Å². The number of rotatable bonds is 7. The lowest BCUT2D eigenvalue weighted by atomic mass is 10.4. The predicted octanol–water partition coefficient (Wildman–Crippen LogP) is 1.98. The van der Waals surface area contributed by atoms with Crippen LogP contribution in [-0.4, -0.2) is 54.5 Å². The van der Waals surface area contributed by atoms with Crippen molar-refractivity contribution < 1.29 is 4.79 Å². The van der Waals surface area contributed by atoms with E-state index in [2.05, 4.69) is 38.1 Å². The summed E-state index contributed by atoms with van der Waals surface area (Å²) >= 11 is 3.53. The molecule has 0 radical (unpaired) electrons. The third kappa shape index (κ3) is 4.33. The minimum atomic E-state index is 0.0421. The summed E-state index contributed by atoms with van der Waals surface area (Å²) in [5.41, 5.74) is 0. The summed E-state index contributed by atoms with van der Waals surface area (Å²) in [5.74, 6) is 1.53. The number of nitrogens with one attached hydrogen (secondary N) is 1. The van der Waals surface area contributed by atoms with Crippen LogP contribution in [0.15, 0.2) is 10.8 Å². The van der Waals surface area contributed by atoms with Crippen LogP contribution in [-0.2, 0) is 4.79 Å². The number of nitrogens with zero attached hydrogens (tertiary/aromatic N) is 4. The first-order valence-electron chi connectivity index (χ1n) is 6.70. The van der Waals surface area contributed by atoms with E-state index < -0.39 is 0 Å². The molecule has 0 aliphatic heterocycles. The number of aromatic nitrogens is 2. The molecule has 0 unspecified atom stereocenters. The Morgan fingerprint density at radius 3 is 2.60 bits per heavy atom. The number of amides is 1. The van der Waals surface area contributed by atoms with Crippen LogP contribution in [0.5, 0.6) is 0 Å². The highest BCUT2D eigenvalue weighted by Gasteiger charge is 2.17. The van der Waals surface area contributed by atoms with Crippen molar-refractivity contribution in [2.75, 3.05) is 43.9 Å². The fourth-order valence-electron chi connectivity index (χ4n) is 1.59. The predicted molar refractivity (Wildman–Crippen MR) is 85.1 cm³/mol. The lowest BCUT2D eigenvalue weighted by Crippen LogP contribution is -2.37. The van der Waals surface area contributed by atoms with Crippen molar-refractivity contribution in [3.8, 4) is 0 Å². The monoisotopic (exact) mass is 343 g/mol. The summed E-state index contributed by atoms with van der Waals surface area (Å²) in [6.07, 6.45) is 2.53. The summed E-state index contributed by atoms with van der Waals surface area (Å²) in [4.78, 5) is 23.9. The molecule has 0 atom stereocenters. The van der Waals surface area contributed by atoms with Crippen LogP contribution < -0.4 is 10.2 Å². The molecule has 1 amide bonds. The Labute approximate surface area is 128 Å². The van der Waals surface area contributed by atoms with Crippen molar-refractivity contribution in [2.45, 2.75) is 20.3 Å². The Morgan fingerprint density at radius 2 is 2.05 bits per heavy atom. The Hall–Kier alpha value is -1.37. The molecule has 1 N–H and O–H groups in total. The van der Waals surface area contributed by atoms with Crippen LogP contribution in [0.2, 0.25) is 0 Å². The van der Waals surface area contributed by atoms with Gasteiger partial charge in [0.2, 0.25) is 5.91 Å². The molecule has 6 nitrogen and oxygen atoms in total. The van der Waals surface area contributed by atoms with Crippen LogP contribution in [0.4, 0.5) is 11.6 Å². The highest BCUT2D eigenvalue weighted by molar-refractivity contribution is 9.10. The normalized spacial score (nSPS) is 10.2. The van der Waals surface area contributed by atoms with E-state index in [0.29, 0.717) is 13.1 Å². The largest absolute Gasteiger partial charge is 0.369 e. The minimum absolute atomic E-state index is 0.0421. The lowest BCUT2D eigenvalue weighted by molar-refractivity contribution is -0.127. The van der Waals surface area contributed by atoms with Crippen molar-refractivity contribution in [1.82, 2.24) is 14.9 Å². The molecule has 0 spiro atoms. The zero-order valence-corrected chi connectivity index (χ0v) is 14.1. The van der Waals surface area contributed by atoms with Crippen LogP contribution in [0, 0.1) is 0 Å². The van der Waals surface area contributed by atoms with Crippen LogP contribution in [0.3, 0.4) is 0 Å². The summed E-state index contributed by atoms with van der Waals surface area (Å²) < 4.78 is 0.793. The first kappa shape index (κ1) is 16.7. The molecule has 0 aliphatic rings. The van der Waals surface area contributed by atoms with Crippen molar-refractivity contribution in [3.63, 3.8) is 0 Å². The summed E-state index contributed by atoms with van der Waals surface area (Å²) in [6.45, 7) is 5.93. The Morgan fingerprint density at radius 1 is 1.35 bits per heavy atom. The average molecular weight is 344 g/mol. The van der Waals surface area contributed by atoms with Gasteiger partial charge in [-0.1, -0.05) is 6.92 Å². The number of carbonyl (C=O) groups is 1. The molecule has 7 heteroatoms. The van der Waals surface area contributed by atoms with E-state index >= 15 is 0 Å². The molecule has 0 saturated carbocycles. The average Bonchev–Trinajstić information content (AvgIpc) is 2.43. The second-order valence-corrected chi connectivity index (χ2v) is 5.38. The Kier molecular flexibility index (Phi) is 6.70. The summed E-state index contributed by atoms with van der Waals surface area (Å²) in [5, 5.41) is 3.24. The minimum Gasteiger partial charge on any atom is -0.369 e. The maximum absolute atomic E-state index is 11.9. The molecular weight excluding hydrogens is 322 g/mol. The molecular formula is C13H22BrN5O. The highest BCUT2D eigenvalue weighted by Crippen LogP contribution is 2.29. The van der Waals surface area contributed by atoms with Gasteiger partial charge in [-0.3, -0.25) is 4.79 Å². The Balaban J connectivity index is 2.94. The van der Waals surface area contributed by atoms with Gasteiger partial charge in [0, 0.05) is 27.2 Å². The van der Waals surface area contributed by atoms with Gasteiger partial charge >= 0.3 is 0 Å². The SMILES string of the molecule is CCCNc1ncnc(N(CC)CC(=O)N(C)C)c1Br. The maximum atomic E-state index is 11.9. The van der Waals surface area contributed by atoms with E-state index in [4.69, 9.17) is 0 Å². The van der Waals surface area contributed by atoms with Gasteiger partial charge in [0.1, 0.15) is 22.4 Å². The van der Waals surface area contributed by atoms with Gasteiger partial charge in [-0.05, 0) is 29.3 Å². The van der Waals surface area contributed by atoms with Crippen molar-refractivity contribution in [1.29, 1.82) is 0 Å². The fourth-order valence-corrected chi connectivity index (χ4v) is 2.18. The third-order valence-electron chi connectivity index (χ3n) is 2.82. The topological polar surface area (TPSA) is 61.4 Å². The van der Waals surface area contributed by atoms with Gasteiger partial charge < -0.3 is 15.1 Å². The van der Waals surface area contributed by atoms with Gasteiger partial charge in [-0.2, -0.15) is 0 Å². The standard InChI is InChI=1S/C13H22BrN5O/c1-5-7-15-12-11(14)13(17-9-16-12)19(6-2)8-10(20)18(3)4/h9H,5-8H2,1-4H3,(H,15,16,17). The quantitative estimate of drug-likeness (QED) is 0.820. The molecule has 0 bridgehead atoms. The van der Waals surface area contributed by atoms with Gasteiger partial charge in [-0.15, -0.1) is 0 Å². The van der Waals surface area contributed by atoms with Crippen LogP contribution in [0.1, 0.15) is 20.3 Å². The number of carbonyl (C=O) groups excluding carboxylic acids is 1. The Bertz CT molecular complexity index is 452.